The minimum absolute atomic E-state index is 0.236. The maximum atomic E-state index is 11.4. The highest BCUT2D eigenvalue weighted by molar-refractivity contribution is 5.80. The summed E-state index contributed by atoms with van der Waals surface area (Å²) in [6.07, 6.45) is 1.95. The van der Waals surface area contributed by atoms with Gasteiger partial charge in [0.25, 0.3) is 0 Å². The molecule has 1 atom stereocenters. The molecule has 0 saturated heterocycles. The average Bonchev–Trinajstić information content (AvgIpc) is 2.86. The monoisotopic (exact) mass is 276 g/mol. The van der Waals surface area contributed by atoms with Crippen LogP contribution in [-0.4, -0.2) is 19.1 Å². The molecular weight excluding hydrogens is 252 g/mol. The van der Waals surface area contributed by atoms with Gasteiger partial charge in [-0.05, 0) is 37.5 Å². The highest BCUT2D eigenvalue weighted by Gasteiger charge is 2.26. The smallest absolute Gasteiger partial charge is 0.224 e. The van der Waals surface area contributed by atoms with Gasteiger partial charge in [-0.25, -0.2) is 0 Å². The van der Waals surface area contributed by atoms with E-state index in [4.69, 9.17) is 10.5 Å². The molecule has 4 nitrogen and oxygen atoms in total. The van der Waals surface area contributed by atoms with Crippen molar-refractivity contribution in [2.24, 2.45) is 11.1 Å². The summed E-state index contributed by atoms with van der Waals surface area (Å²) < 4.78 is 5.53. The third-order valence-electron chi connectivity index (χ3n) is 3.98. The highest BCUT2D eigenvalue weighted by atomic mass is 16.5. The van der Waals surface area contributed by atoms with Crippen LogP contribution >= 0.6 is 0 Å². The Morgan fingerprint density at radius 3 is 2.90 bits per heavy atom. The van der Waals surface area contributed by atoms with Gasteiger partial charge < -0.3 is 15.8 Å². The van der Waals surface area contributed by atoms with Crippen LogP contribution < -0.4 is 15.8 Å². The quantitative estimate of drug-likeness (QED) is 0.837. The molecule has 0 bridgehead atoms. The zero-order chi connectivity index (χ0) is 14.8. The van der Waals surface area contributed by atoms with Gasteiger partial charge in [0, 0.05) is 19.0 Å². The third-order valence-corrected chi connectivity index (χ3v) is 3.98. The largest absolute Gasteiger partial charge is 0.493 e. The van der Waals surface area contributed by atoms with Crippen LogP contribution in [-0.2, 0) is 11.2 Å². The minimum Gasteiger partial charge on any atom is -0.493 e. The van der Waals surface area contributed by atoms with Crippen molar-refractivity contribution in [2.45, 2.75) is 39.7 Å². The van der Waals surface area contributed by atoms with E-state index in [0.717, 1.165) is 25.2 Å². The van der Waals surface area contributed by atoms with E-state index >= 15 is 0 Å². The van der Waals surface area contributed by atoms with E-state index in [1.807, 2.05) is 19.9 Å². The molecule has 2 rings (SSSR count). The maximum absolute atomic E-state index is 11.4. The molecule has 3 N–H and O–H groups in total. The van der Waals surface area contributed by atoms with Crippen LogP contribution in [0, 0.1) is 5.41 Å². The van der Waals surface area contributed by atoms with Crippen molar-refractivity contribution < 1.29 is 9.53 Å². The summed E-state index contributed by atoms with van der Waals surface area (Å²) in [5.74, 6) is 0.725. The number of hydrogen-bond acceptors (Lipinski definition) is 3. The summed E-state index contributed by atoms with van der Waals surface area (Å²) in [6.45, 7) is 7.22. The van der Waals surface area contributed by atoms with E-state index in [0.29, 0.717) is 6.54 Å². The van der Waals surface area contributed by atoms with E-state index in [-0.39, 0.29) is 11.9 Å². The fraction of sp³-hybridized carbons (Fsp3) is 0.562. The molecule has 0 aliphatic carbocycles. The number of benzene rings is 1. The van der Waals surface area contributed by atoms with E-state index in [1.54, 1.807) is 0 Å². The standard InChI is InChI=1S/C16H24N2O2/c1-4-13(18-10-16(2,3)15(17)19)11-5-6-14-12(9-11)7-8-20-14/h5-6,9,13,18H,4,7-8,10H2,1-3H3,(H2,17,19). The van der Waals surface area contributed by atoms with Gasteiger partial charge in [-0.15, -0.1) is 0 Å². The van der Waals surface area contributed by atoms with Crippen LogP contribution in [0.1, 0.15) is 44.4 Å². The number of nitrogens with two attached hydrogens (primary N) is 1. The number of ether oxygens (including phenoxy) is 1. The first-order valence-corrected chi connectivity index (χ1v) is 7.23. The molecule has 1 aromatic rings. The minimum atomic E-state index is -0.534. The topological polar surface area (TPSA) is 64.3 Å². The van der Waals surface area contributed by atoms with Crippen LogP contribution in [0.25, 0.3) is 0 Å². The van der Waals surface area contributed by atoms with E-state index in [9.17, 15) is 4.79 Å². The molecule has 4 heteroatoms. The second kappa shape index (κ2) is 5.83. The van der Waals surface area contributed by atoms with Crippen molar-refractivity contribution in [3.63, 3.8) is 0 Å². The van der Waals surface area contributed by atoms with Crippen molar-refractivity contribution in [2.75, 3.05) is 13.2 Å². The van der Waals surface area contributed by atoms with Crippen LogP contribution in [0.4, 0.5) is 0 Å². The fourth-order valence-corrected chi connectivity index (χ4v) is 2.39. The SMILES string of the molecule is CCC(NCC(C)(C)C(N)=O)c1ccc2c(c1)CCO2. The molecule has 1 unspecified atom stereocenters. The molecule has 20 heavy (non-hydrogen) atoms. The van der Waals surface area contributed by atoms with Gasteiger partial charge in [0.05, 0.1) is 12.0 Å². The van der Waals surface area contributed by atoms with Gasteiger partial charge in [0.1, 0.15) is 5.75 Å². The van der Waals surface area contributed by atoms with Crippen LogP contribution in [0.2, 0.25) is 0 Å². The van der Waals surface area contributed by atoms with Crippen molar-refractivity contribution in [1.82, 2.24) is 5.32 Å². The van der Waals surface area contributed by atoms with E-state index < -0.39 is 5.41 Å². The second-order valence-electron chi connectivity index (χ2n) is 6.06. The molecule has 110 valence electrons. The van der Waals surface area contributed by atoms with Gasteiger partial charge >= 0.3 is 0 Å². The Balaban J connectivity index is 2.07. The van der Waals surface area contributed by atoms with Crippen LogP contribution in [0.5, 0.6) is 5.75 Å². The highest BCUT2D eigenvalue weighted by Crippen LogP contribution is 2.29. The zero-order valence-electron chi connectivity index (χ0n) is 12.5. The lowest BCUT2D eigenvalue weighted by molar-refractivity contribution is -0.125. The molecule has 0 aromatic heterocycles. The molecule has 1 aliphatic heterocycles. The number of rotatable bonds is 6. The number of carbonyl (C=O) groups excluding carboxylic acids is 1. The average molecular weight is 276 g/mol. The summed E-state index contributed by atoms with van der Waals surface area (Å²) in [6, 6.07) is 6.59. The summed E-state index contributed by atoms with van der Waals surface area (Å²) in [7, 11) is 0. The van der Waals surface area contributed by atoms with Gasteiger partial charge in [-0.1, -0.05) is 19.1 Å². The Bertz CT molecular complexity index is 497. The number of primary amides is 1. The maximum Gasteiger partial charge on any atom is 0.224 e. The molecule has 0 radical (unpaired) electrons. The fourth-order valence-electron chi connectivity index (χ4n) is 2.39. The normalized spacial score (nSPS) is 15.6. The Morgan fingerprint density at radius 1 is 1.50 bits per heavy atom. The summed E-state index contributed by atoms with van der Waals surface area (Å²) in [5.41, 5.74) is 7.40. The zero-order valence-corrected chi connectivity index (χ0v) is 12.5. The lowest BCUT2D eigenvalue weighted by Crippen LogP contribution is -2.41. The Morgan fingerprint density at radius 2 is 2.25 bits per heavy atom. The van der Waals surface area contributed by atoms with Gasteiger partial charge in [-0.2, -0.15) is 0 Å². The summed E-state index contributed by atoms with van der Waals surface area (Å²) in [5, 5.41) is 3.46. The van der Waals surface area contributed by atoms with Crippen LogP contribution in [0.15, 0.2) is 18.2 Å². The van der Waals surface area contributed by atoms with E-state index in [1.165, 1.54) is 11.1 Å². The third kappa shape index (κ3) is 3.12. The Labute approximate surface area is 120 Å². The first-order chi connectivity index (χ1) is 9.44. The number of fused-ring (bicyclic) bond motifs is 1. The number of nitrogens with one attached hydrogen (secondary N) is 1. The molecule has 1 amide bonds. The molecular formula is C16H24N2O2. The van der Waals surface area contributed by atoms with E-state index in [2.05, 4.69) is 24.4 Å². The summed E-state index contributed by atoms with van der Waals surface area (Å²) in [4.78, 5) is 11.4. The molecule has 1 aliphatic rings. The Kier molecular flexibility index (Phi) is 4.33. The molecule has 0 saturated carbocycles. The number of carbonyl (C=O) groups is 1. The molecule has 1 heterocycles. The van der Waals surface area contributed by atoms with Gasteiger partial charge in [-0.3, -0.25) is 4.79 Å². The lowest BCUT2D eigenvalue weighted by Gasteiger charge is -2.25. The molecule has 0 spiro atoms. The van der Waals surface area contributed by atoms with Crippen molar-refractivity contribution in [1.29, 1.82) is 0 Å². The van der Waals surface area contributed by atoms with Crippen molar-refractivity contribution in [3.05, 3.63) is 29.3 Å². The lowest BCUT2D eigenvalue weighted by atomic mass is 9.91. The van der Waals surface area contributed by atoms with Crippen molar-refractivity contribution in [3.8, 4) is 5.75 Å². The number of hydrogen-bond donors (Lipinski definition) is 2. The Hall–Kier alpha value is -1.55. The van der Waals surface area contributed by atoms with Crippen molar-refractivity contribution >= 4 is 5.91 Å². The molecule has 0 fully saturated rings. The predicted molar refractivity (Wildman–Crippen MR) is 79.7 cm³/mol. The predicted octanol–water partition coefficient (Wildman–Crippen LogP) is 2.17. The second-order valence-corrected chi connectivity index (χ2v) is 6.06. The van der Waals surface area contributed by atoms with Gasteiger partial charge in [0.2, 0.25) is 5.91 Å². The molecule has 1 aromatic carbocycles. The van der Waals surface area contributed by atoms with Crippen LogP contribution in [0.3, 0.4) is 0 Å². The number of amides is 1. The first kappa shape index (κ1) is 14.9. The first-order valence-electron chi connectivity index (χ1n) is 7.23. The summed E-state index contributed by atoms with van der Waals surface area (Å²) >= 11 is 0. The van der Waals surface area contributed by atoms with Gasteiger partial charge in [0.15, 0.2) is 0 Å².